The lowest BCUT2D eigenvalue weighted by Gasteiger charge is -2.06. The minimum atomic E-state index is -1.16. The molecule has 0 amide bonds. The van der Waals surface area contributed by atoms with Crippen LogP contribution < -0.4 is 5.32 Å². The Balaban J connectivity index is 2.17. The first-order chi connectivity index (χ1) is 8.22. The third-order valence-corrected chi connectivity index (χ3v) is 2.15. The largest absolute Gasteiger partial charge is 0.375 e. The Morgan fingerprint density at radius 3 is 2.76 bits per heavy atom. The Kier molecular flexibility index (Phi) is 3.01. The maximum atomic E-state index is 13.4. The number of benzene rings is 1. The van der Waals surface area contributed by atoms with E-state index in [1.54, 1.807) is 12.1 Å². The highest BCUT2D eigenvalue weighted by Gasteiger charge is 2.13. The van der Waals surface area contributed by atoms with Gasteiger partial charge in [-0.3, -0.25) is 0 Å². The fourth-order valence-electron chi connectivity index (χ4n) is 1.29. The van der Waals surface area contributed by atoms with Crippen LogP contribution in [-0.4, -0.2) is 5.16 Å². The summed E-state index contributed by atoms with van der Waals surface area (Å²) in [5, 5.41) is 14.6. The van der Waals surface area contributed by atoms with Crippen molar-refractivity contribution in [3.05, 3.63) is 47.4 Å². The Morgan fingerprint density at radius 2 is 2.12 bits per heavy atom. The van der Waals surface area contributed by atoms with Crippen LogP contribution in [0.3, 0.4) is 0 Å². The van der Waals surface area contributed by atoms with Gasteiger partial charge >= 0.3 is 0 Å². The Labute approximate surface area is 95.5 Å². The molecule has 0 radical (unpaired) electrons. The molecule has 2 rings (SSSR count). The standard InChI is InChI=1S/C11H7F2N3O/c12-10-7(5-14)1-2-9(11(10)13)15-6-8-3-4-16-17-8/h1-4,15H,6H2. The van der Waals surface area contributed by atoms with E-state index in [1.165, 1.54) is 18.3 Å². The predicted molar refractivity (Wildman–Crippen MR) is 54.9 cm³/mol. The maximum Gasteiger partial charge on any atom is 0.183 e. The number of nitriles is 1. The summed E-state index contributed by atoms with van der Waals surface area (Å²) in [7, 11) is 0. The van der Waals surface area contributed by atoms with Gasteiger partial charge in [0.2, 0.25) is 0 Å². The number of anilines is 1. The number of nitrogens with zero attached hydrogens (tertiary/aromatic N) is 2. The quantitative estimate of drug-likeness (QED) is 0.887. The normalized spacial score (nSPS) is 9.94. The highest BCUT2D eigenvalue weighted by molar-refractivity contribution is 5.49. The molecule has 6 heteroatoms. The molecule has 0 aliphatic carbocycles. The van der Waals surface area contributed by atoms with E-state index in [0.29, 0.717) is 5.76 Å². The number of rotatable bonds is 3. The molecule has 1 N–H and O–H groups in total. The van der Waals surface area contributed by atoms with Crippen LogP contribution in [0.5, 0.6) is 0 Å². The van der Waals surface area contributed by atoms with Crippen molar-refractivity contribution in [1.29, 1.82) is 5.26 Å². The zero-order valence-electron chi connectivity index (χ0n) is 8.58. The molecule has 2 aromatic rings. The van der Waals surface area contributed by atoms with E-state index < -0.39 is 11.6 Å². The molecule has 0 aliphatic heterocycles. The van der Waals surface area contributed by atoms with E-state index in [4.69, 9.17) is 9.78 Å². The van der Waals surface area contributed by atoms with Crippen molar-refractivity contribution in [2.75, 3.05) is 5.32 Å². The van der Waals surface area contributed by atoms with Crippen LogP contribution in [0.1, 0.15) is 11.3 Å². The van der Waals surface area contributed by atoms with Gasteiger partial charge in [-0.1, -0.05) is 5.16 Å². The zero-order valence-corrected chi connectivity index (χ0v) is 8.58. The van der Waals surface area contributed by atoms with E-state index in [2.05, 4.69) is 10.5 Å². The molecule has 0 bridgehead atoms. The summed E-state index contributed by atoms with van der Waals surface area (Å²) in [6, 6.07) is 5.67. The lowest BCUT2D eigenvalue weighted by atomic mass is 10.2. The summed E-state index contributed by atoms with van der Waals surface area (Å²) in [4.78, 5) is 0. The smallest absolute Gasteiger partial charge is 0.183 e. The van der Waals surface area contributed by atoms with E-state index in [9.17, 15) is 8.78 Å². The van der Waals surface area contributed by atoms with Gasteiger partial charge in [-0.15, -0.1) is 0 Å². The second-order valence-electron chi connectivity index (χ2n) is 3.23. The Hall–Kier alpha value is -2.42. The lowest BCUT2D eigenvalue weighted by molar-refractivity contribution is 0.387. The highest BCUT2D eigenvalue weighted by Crippen LogP contribution is 2.20. The monoisotopic (exact) mass is 235 g/mol. The summed E-state index contributed by atoms with van der Waals surface area (Å²) in [6.07, 6.45) is 1.45. The molecule has 0 unspecified atom stereocenters. The molecule has 17 heavy (non-hydrogen) atoms. The molecule has 1 aromatic heterocycles. The summed E-state index contributed by atoms with van der Waals surface area (Å²) < 4.78 is 31.5. The molecule has 1 heterocycles. The zero-order chi connectivity index (χ0) is 12.3. The van der Waals surface area contributed by atoms with Gasteiger partial charge in [-0.25, -0.2) is 8.78 Å². The molecule has 1 aromatic carbocycles. The lowest BCUT2D eigenvalue weighted by Crippen LogP contribution is -2.03. The van der Waals surface area contributed by atoms with Gasteiger partial charge < -0.3 is 9.84 Å². The van der Waals surface area contributed by atoms with Crippen molar-refractivity contribution in [3.8, 4) is 6.07 Å². The molecular weight excluding hydrogens is 228 g/mol. The third-order valence-electron chi connectivity index (χ3n) is 2.15. The average Bonchev–Trinajstić information content (AvgIpc) is 2.84. The molecule has 0 atom stereocenters. The first-order valence-electron chi connectivity index (χ1n) is 4.74. The molecule has 0 spiro atoms. The molecule has 86 valence electrons. The molecular formula is C11H7F2N3O. The molecule has 0 saturated heterocycles. The van der Waals surface area contributed by atoms with Crippen molar-refractivity contribution in [2.24, 2.45) is 0 Å². The van der Waals surface area contributed by atoms with Gasteiger partial charge in [-0.05, 0) is 12.1 Å². The topological polar surface area (TPSA) is 61.9 Å². The van der Waals surface area contributed by atoms with Gasteiger partial charge in [-0.2, -0.15) is 5.26 Å². The first kappa shape index (κ1) is 11.1. The number of nitrogens with one attached hydrogen (secondary N) is 1. The molecule has 0 fully saturated rings. The fourth-order valence-corrected chi connectivity index (χ4v) is 1.29. The summed E-state index contributed by atoms with van der Waals surface area (Å²) >= 11 is 0. The van der Waals surface area contributed by atoms with E-state index in [1.807, 2.05) is 0 Å². The van der Waals surface area contributed by atoms with Crippen molar-refractivity contribution >= 4 is 5.69 Å². The summed E-state index contributed by atoms with van der Waals surface area (Å²) in [6.45, 7) is 0.183. The van der Waals surface area contributed by atoms with Gasteiger partial charge in [0, 0.05) is 6.07 Å². The Bertz CT molecular complexity index is 561. The Morgan fingerprint density at radius 1 is 1.29 bits per heavy atom. The van der Waals surface area contributed by atoms with E-state index in [0.717, 1.165) is 0 Å². The molecule has 0 aliphatic rings. The SMILES string of the molecule is N#Cc1ccc(NCc2ccno2)c(F)c1F. The van der Waals surface area contributed by atoms with Crippen LogP contribution in [0, 0.1) is 23.0 Å². The second kappa shape index (κ2) is 4.61. The fraction of sp³-hybridized carbons (Fsp3) is 0.0909. The molecule has 0 saturated carbocycles. The van der Waals surface area contributed by atoms with Crippen LogP contribution in [0.4, 0.5) is 14.5 Å². The van der Waals surface area contributed by atoms with Crippen LogP contribution in [0.2, 0.25) is 0 Å². The van der Waals surface area contributed by atoms with Crippen molar-refractivity contribution in [1.82, 2.24) is 5.16 Å². The van der Waals surface area contributed by atoms with Crippen molar-refractivity contribution < 1.29 is 13.3 Å². The minimum absolute atomic E-state index is 0.0297. The maximum absolute atomic E-state index is 13.4. The highest BCUT2D eigenvalue weighted by atomic mass is 19.2. The van der Waals surface area contributed by atoms with E-state index >= 15 is 0 Å². The van der Waals surface area contributed by atoms with Crippen molar-refractivity contribution in [2.45, 2.75) is 6.54 Å². The van der Waals surface area contributed by atoms with Gasteiger partial charge in [0.25, 0.3) is 0 Å². The van der Waals surface area contributed by atoms with Crippen molar-refractivity contribution in [3.63, 3.8) is 0 Å². The van der Waals surface area contributed by atoms with Crippen LogP contribution in [-0.2, 0) is 6.54 Å². The van der Waals surface area contributed by atoms with Crippen LogP contribution in [0.15, 0.2) is 28.9 Å². The predicted octanol–water partition coefficient (Wildman–Crippen LogP) is 2.44. The van der Waals surface area contributed by atoms with Crippen LogP contribution in [0.25, 0.3) is 0 Å². The number of aromatic nitrogens is 1. The number of halogens is 2. The first-order valence-corrected chi connectivity index (χ1v) is 4.74. The minimum Gasteiger partial charge on any atom is -0.375 e. The number of hydrogen-bond acceptors (Lipinski definition) is 4. The third kappa shape index (κ3) is 2.23. The molecule has 4 nitrogen and oxygen atoms in total. The van der Waals surface area contributed by atoms with Gasteiger partial charge in [0.1, 0.15) is 6.07 Å². The van der Waals surface area contributed by atoms with E-state index in [-0.39, 0.29) is 17.8 Å². The van der Waals surface area contributed by atoms with Gasteiger partial charge in [0.05, 0.1) is 24.0 Å². The summed E-state index contributed by atoms with van der Waals surface area (Å²) in [5.41, 5.74) is -0.356. The van der Waals surface area contributed by atoms with Crippen LogP contribution >= 0.6 is 0 Å². The average molecular weight is 235 g/mol. The summed E-state index contributed by atoms with van der Waals surface area (Å²) in [5.74, 6) is -1.74. The number of hydrogen-bond donors (Lipinski definition) is 1. The van der Waals surface area contributed by atoms with Gasteiger partial charge in [0.15, 0.2) is 17.4 Å². The second-order valence-corrected chi connectivity index (χ2v) is 3.23.